The topological polar surface area (TPSA) is 61.3 Å². The number of hydrogen-bond donors (Lipinski definition) is 2. The molecule has 4 aromatic rings. The largest absolute Gasteiger partial charge is 0.489 e. The molecule has 1 atom stereocenters. The molecule has 4 N–H and O–H groups in total. The molecule has 0 amide bonds. The highest BCUT2D eigenvalue weighted by molar-refractivity contribution is 5.40. The average molecular weight is 409 g/mol. The van der Waals surface area contributed by atoms with Gasteiger partial charge < -0.3 is 16.2 Å². The van der Waals surface area contributed by atoms with Gasteiger partial charge in [-0.05, 0) is 46.4 Å². The van der Waals surface area contributed by atoms with Crippen molar-refractivity contribution in [2.45, 2.75) is 18.6 Å². The third kappa shape index (κ3) is 5.02. The molecule has 31 heavy (non-hydrogen) atoms. The molecule has 0 bridgehead atoms. The SMILES string of the molecule is NCC(N)(c1ccccc1)c1ccc(Cc2ccc(OCc3ccccc3)cc2)cc1. The second-order valence-corrected chi connectivity index (χ2v) is 7.83. The molecule has 0 saturated carbocycles. The van der Waals surface area contributed by atoms with Gasteiger partial charge in [-0.3, -0.25) is 0 Å². The molecule has 4 aromatic carbocycles. The molecule has 3 nitrogen and oxygen atoms in total. The Labute approximate surface area is 184 Å². The van der Waals surface area contributed by atoms with Crippen molar-refractivity contribution in [2.75, 3.05) is 6.54 Å². The van der Waals surface area contributed by atoms with Crippen molar-refractivity contribution < 1.29 is 4.74 Å². The standard InChI is InChI=1S/C28H28N2O/c29-21-28(30,25-9-5-2-6-10-25)26-15-11-22(12-16-26)19-23-13-17-27(18-14-23)31-20-24-7-3-1-4-8-24/h1-18H,19-21,29-30H2. The van der Waals surface area contributed by atoms with Crippen molar-refractivity contribution >= 4 is 0 Å². The maximum absolute atomic E-state index is 6.69. The molecule has 0 aliphatic rings. The Morgan fingerprint density at radius 2 is 1.10 bits per heavy atom. The predicted octanol–water partition coefficient (Wildman–Crippen LogP) is 5.02. The van der Waals surface area contributed by atoms with Gasteiger partial charge in [-0.15, -0.1) is 0 Å². The normalized spacial score (nSPS) is 12.8. The van der Waals surface area contributed by atoms with Gasteiger partial charge in [0.2, 0.25) is 0 Å². The van der Waals surface area contributed by atoms with Crippen LogP contribution in [0.5, 0.6) is 5.75 Å². The van der Waals surface area contributed by atoms with E-state index in [1.165, 1.54) is 11.1 Å². The molecule has 3 heteroatoms. The first-order valence-electron chi connectivity index (χ1n) is 10.6. The van der Waals surface area contributed by atoms with Crippen LogP contribution in [0.4, 0.5) is 0 Å². The van der Waals surface area contributed by atoms with Gasteiger partial charge in [0.1, 0.15) is 12.4 Å². The number of benzene rings is 4. The average Bonchev–Trinajstić information content (AvgIpc) is 2.85. The van der Waals surface area contributed by atoms with Crippen LogP contribution in [0, 0.1) is 0 Å². The molecular formula is C28H28N2O. The van der Waals surface area contributed by atoms with E-state index in [2.05, 4.69) is 48.5 Å². The Hall–Kier alpha value is -3.40. The Morgan fingerprint density at radius 1 is 0.581 bits per heavy atom. The number of rotatable bonds is 8. The van der Waals surface area contributed by atoms with Crippen LogP contribution in [-0.2, 0) is 18.6 Å². The monoisotopic (exact) mass is 408 g/mol. The maximum atomic E-state index is 6.69. The predicted molar refractivity (Wildman–Crippen MR) is 127 cm³/mol. The fourth-order valence-electron chi connectivity index (χ4n) is 3.74. The fourth-order valence-corrected chi connectivity index (χ4v) is 3.74. The summed E-state index contributed by atoms with van der Waals surface area (Å²) in [5.74, 6) is 0.877. The smallest absolute Gasteiger partial charge is 0.119 e. The quantitative estimate of drug-likeness (QED) is 0.430. The minimum atomic E-state index is -0.683. The van der Waals surface area contributed by atoms with Crippen LogP contribution in [0.15, 0.2) is 109 Å². The summed E-state index contributed by atoms with van der Waals surface area (Å²) in [6.45, 7) is 0.922. The molecule has 0 aliphatic heterocycles. The van der Waals surface area contributed by atoms with Crippen molar-refractivity contribution in [3.8, 4) is 5.75 Å². The molecule has 4 rings (SSSR count). The van der Waals surface area contributed by atoms with Gasteiger partial charge in [0.05, 0.1) is 5.54 Å². The summed E-state index contributed by atoms with van der Waals surface area (Å²) in [6, 6.07) is 37.0. The number of hydrogen-bond acceptors (Lipinski definition) is 3. The molecule has 0 fully saturated rings. The van der Waals surface area contributed by atoms with Crippen LogP contribution in [-0.4, -0.2) is 6.54 Å². The van der Waals surface area contributed by atoms with Gasteiger partial charge in [-0.2, -0.15) is 0 Å². The summed E-state index contributed by atoms with van der Waals surface area (Å²) in [5, 5.41) is 0. The van der Waals surface area contributed by atoms with Crippen molar-refractivity contribution in [3.05, 3.63) is 137 Å². The number of ether oxygens (including phenoxy) is 1. The lowest BCUT2D eigenvalue weighted by molar-refractivity contribution is 0.306. The van der Waals surface area contributed by atoms with E-state index in [0.29, 0.717) is 13.2 Å². The zero-order chi connectivity index (χ0) is 21.5. The van der Waals surface area contributed by atoms with Crippen LogP contribution in [0.1, 0.15) is 27.8 Å². The van der Waals surface area contributed by atoms with E-state index in [4.69, 9.17) is 16.2 Å². The highest BCUT2D eigenvalue weighted by Gasteiger charge is 2.27. The first-order chi connectivity index (χ1) is 15.2. The summed E-state index contributed by atoms with van der Waals surface area (Å²) in [4.78, 5) is 0. The van der Waals surface area contributed by atoms with Crippen LogP contribution in [0.2, 0.25) is 0 Å². The Morgan fingerprint density at radius 3 is 1.68 bits per heavy atom. The van der Waals surface area contributed by atoms with Gasteiger partial charge >= 0.3 is 0 Å². The second-order valence-electron chi connectivity index (χ2n) is 7.83. The second kappa shape index (κ2) is 9.61. The van der Waals surface area contributed by atoms with Crippen LogP contribution < -0.4 is 16.2 Å². The fraction of sp³-hybridized carbons (Fsp3) is 0.143. The third-order valence-corrected chi connectivity index (χ3v) is 5.66. The van der Waals surface area contributed by atoms with Gasteiger partial charge in [0.25, 0.3) is 0 Å². The summed E-state index contributed by atoms with van der Waals surface area (Å²) in [6.07, 6.45) is 0.852. The lowest BCUT2D eigenvalue weighted by atomic mass is 9.83. The lowest BCUT2D eigenvalue weighted by Crippen LogP contribution is -2.45. The van der Waals surface area contributed by atoms with E-state index < -0.39 is 5.54 Å². The molecule has 156 valence electrons. The molecule has 0 radical (unpaired) electrons. The van der Waals surface area contributed by atoms with E-state index in [1.807, 2.05) is 60.7 Å². The third-order valence-electron chi connectivity index (χ3n) is 5.66. The van der Waals surface area contributed by atoms with E-state index in [9.17, 15) is 0 Å². The molecule has 0 heterocycles. The van der Waals surface area contributed by atoms with Gasteiger partial charge in [-0.1, -0.05) is 97.1 Å². The van der Waals surface area contributed by atoms with Crippen molar-refractivity contribution in [3.63, 3.8) is 0 Å². The minimum absolute atomic E-state index is 0.348. The van der Waals surface area contributed by atoms with Crippen molar-refractivity contribution in [1.82, 2.24) is 0 Å². The highest BCUT2D eigenvalue weighted by atomic mass is 16.5. The first kappa shape index (κ1) is 20.9. The van der Waals surface area contributed by atoms with Crippen LogP contribution in [0.3, 0.4) is 0 Å². The molecule has 0 aliphatic carbocycles. The first-order valence-corrected chi connectivity index (χ1v) is 10.6. The summed E-state index contributed by atoms with van der Waals surface area (Å²) < 4.78 is 5.88. The lowest BCUT2D eigenvalue weighted by Gasteiger charge is -2.29. The molecular weight excluding hydrogens is 380 g/mol. The maximum Gasteiger partial charge on any atom is 0.119 e. The van der Waals surface area contributed by atoms with E-state index in [-0.39, 0.29) is 0 Å². The Balaban J connectivity index is 1.41. The van der Waals surface area contributed by atoms with E-state index >= 15 is 0 Å². The van der Waals surface area contributed by atoms with E-state index in [1.54, 1.807) is 0 Å². The summed E-state index contributed by atoms with van der Waals surface area (Å²) in [5.41, 5.74) is 17.8. The minimum Gasteiger partial charge on any atom is -0.489 e. The van der Waals surface area contributed by atoms with Crippen LogP contribution in [0.25, 0.3) is 0 Å². The zero-order valence-electron chi connectivity index (χ0n) is 17.6. The molecule has 1 unspecified atom stereocenters. The van der Waals surface area contributed by atoms with Crippen molar-refractivity contribution in [1.29, 1.82) is 0 Å². The molecule has 0 aromatic heterocycles. The van der Waals surface area contributed by atoms with Crippen LogP contribution >= 0.6 is 0 Å². The highest BCUT2D eigenvalue weighted by Crippen LogP contribution is 2.27. The van der Waals surface area contributed by atoms with E-state index in [0.717, 1.165) is 28.9 Å². The van der Waals surface area contributed by atoms with Gasteiger partial charge in [-0.25, -0.2) is 0 Å². The summed E-state index contributed by atoms with van der Waals surface area (Å²) >= 11 is 0. The Kier molecular flexibility index (Phi) is 6.46. The molecule has 0 saturated heterocycles. The van der Waals surface area contributed by atoms with Crippen molar-refractivity contribution in [2.24, 2.45) is 11.5 Å². The molecule has 0 spiro atoms. The Bertz CT molecular complexity index is 1080. The summed E-state index contributed by atoms with van der Waals surface area (Å²) in [7, 11) is 0. The zero-order valence-corrected chi connectivity index (χ0v) is 17.6. The van der Waals surface area contributed by atoms with Gasteiger partial charge in [0.15, 0.2) is 0 Å². The van der Waals surface area contributed by atoms with Gasteiger partial charge in [0, 0.05) is 6.54 Å². The number of nitrogens with two attached hydrogens (primary N) is 2.